The predicted octanol–water partition coefficient (Wildman–Crippen LogP) is 2.82. The van der Waals surface area contributed by atoms with Crippen LogP contribution < -0.4 is 20.9 Å². The molecule has 3 aromatic carbocycles. The maximum Gasteiger partial charge on any atom is 0.250 e. The van der Waals surface area contributed by atoms with E-state index in [1.807, 2.05) is 37.3 Å². The third-order valence-corrected chi connectivity index (χ3v) is 7.25. The summed E-state index contributed by atoms with van der Waals surface area (Å²) in [4.78, 5) is 28.4. The molecular formula is C27H27BrN4O3. The second kappa shape index (κ2) is 9.86. The molecule has 4 N–H and O–H groups in total. The molecule has 7 nitrogen and oxygen atoms in total. The molecule has 0 saturated carbocycles. The Labute approximate surface area is 213 Å². The zero-order valence-electron chi connectivity index (χ0n) is 19.4. The summed E-state index contributed by atoms with van der Waals surface area (Å²) in [6, 6.07) is 18.3. The van der Waals surface area contributed by atoms with Gasteiger partial charge in [0, 0.05) is 29.2 Å². The number of nitrogens with one attached hydrogen (secondary N) is 3. The lowest BCUT2D eigenvalue weighted by Crippen LogP contribution is -2.61. The Hall–Kier alpha value is -3.12. The van der Waals surface area contributed by atoms with E-state index in [0.29, 0.717) is 24.1 Å². The molecule has 5 rings (SSSR count). The molecule has 2 heterocycles. The molecule has 8 heteroatoms. The number of nitrogens with zero attached hydrogens (tertiary/aromatic N) is 1. The fraction of sp³-hybridized carbons (Fsp3) is 0.333. The summed E-state index contributed by atoms with van der Waals surface area (Å²) >= 11 is 3.50. The Kier molecular flexibility index (Phi) is 6.65. The molecular weight excluding hydrogens is 508 g/mol. The summed E-state index contributed by atoms with van der Waals surface area (Å²) in [6.45, 7) is 3.64. The average molecular weight is 535 g/mol. The molecule has 0 aliphatic carbocycles. The maximum absolute atomic E-state index is 13.8. The van der Waals surface area contributed by atoms with Gasteiger partial charge >= 0.3 is 0 Å². The van der Waals surface area contributed by atoms with Crippen LogP contribution in [0.3, 0.4) is 0 Å². The minimum atomic E-state index is -0.682. The molecule has 180 valence electrons. The largest absolute Gasteiger partial charge is 0.508 e. The van der Waals surface area contributed by atoms with Crippen LogP contribution in [0.5, 0.6) is 5.75 Å². The number of hydrogen-bond donors (Lipinski definition) is 4. The summed E-state index contributed by atoms with van der Waals surface area (Å²) in [5.74, 6) is -0.306. The molecule has 0 spiro atoms. The van der Waals surface area contributed by atoms with E-state index < -0.39 is 12.1 Å². The molecule has 0 aromatic heterocycles. The van der Waals surface area contributed by atoms with E-state index >= 15 is 0 Å². The number of anilines is 1. The van der Waals surface area contributed by atoms with E-state index in [1.165, 1.54) is 0 Å². The Morgan fingerprint density at radius 1 is 1.29 bits per heavy atom. The summed E-state index contributed by atoms with van der Waals surface area (Å²) in [5.41, 5.74) is 2.24. The van der Waals surface area contributed by atoms with E-state index in [1.54, 1.807) is 17.0 Å². The van der Waals surface area contributed by atoms with Gasteiger partial charge in [-0.25, -0.2) is 0 Å². The Bertz CT molecular complexity index is 1280. The first kappa shape index (κ1) is 23.6. The number of aromatic hydroxyl groups is 1. The van der Waals surface area contributed by atoms with E-state index in [4.69, 9.17) is 0 Å². The summed E-state index contributed by atoms with van der Waals surface area (Å²) in [7, 11) is 0. The monoisotopic (exact) mass is 534 g/mol. The van der Waals surface area contributed by atoms with E-state index in [9.17, 15) is 14.7 Å². The van der Waals surface area contributed by atoms with Crippen LogP contribution in [-0.4, -0.2) is 48.1 Å². The fourth-order valence-electron chi connectivity index (χ4n) is 4.68. The van der Waals surface area contributed by atoms with E-state index in [0.717, 1.165) is 33.9 Å². The maximum atomic E-state index is 13.8. The minimum absolute atomic E-state index is 0.117. The van der Waals surface area contributed by atoms with Crippen molar-refractivity contribution in [2.24, 2.45) is 0 Å². The number of aryl methyl sites for hydroxylation is 1. The zero-order chi connectivity index (χ0) is 24.5. The minimum Gasteiger partial charge on any atom is -0.508 e. The summed E-state index contributed by atoms with van der Waals surface area (Å²) in [6.07, 6.45) is 1.11. The highest BCUT2D eigenvalue weighted by Crippen LogP contribution is 2.33. The first-order valence-electron chi connectivity index (χ1n) is 11.8. The van der Waals surface area contributed by atoms with Crippen LogP contribution in [0.2, 0.25) is 0 Å². The van der Waals surface area contributed by atoms with Crippen molar-refractivity contribution >= 4 is 44.2 Å². The van der Waals surface area contributed by atoms with Gasteiger partial charge in [0.25, 0.3) is 0 Å². The highest BCUT2D eigenvalue weighted by atomic mass is 79.9. The van der Waals surface area contributed by atoms with Gasteiger partial charge in [-0.3, -0.25) is 14.5 Å². The molecule has 0 bridgehead atoms. The summed E-state index contributed by atoms with van der Waals surface area (Å²) in [5, 5.41) is 22.0. The van der Waals surface area contributed by atoms with Gasteiger partial charge in [0.1, 0.15) is 11.8 Å². The normalized spacial score (nSPS) is 18.9. The lowest BCUT2D eigenvalue weighted by atomic mass is 10.0. The Morgan fingerprint density at radius 2 is 2.11 bits per heavy atom. The van der Waals surface area contributed by atoms with Crippen LogP contribution in [0.15, 0.2) is 46.9 Å². The molecule has 35 heavy (non-hydrogen) atoms. The number of phenolic OH excluding ortho intramolecular Hbond substituents is 1. The smallest absolute Gasteiger partial charge is 0.250 e. The first-order valence-corrected chi connectivity index (χ1v) is 12.6. The van der Waals surface area contributed by atoms with Gasteiger partial charge in [-0.1, -0.05) is 34.1 Å². The number of phenols is 1. The van der Waals surface area contributed by atoms with Crippen molar-refractivity contribution in [3.8, 4) is 5.75 Å². The van der Waals surface area contributed by atoms with Gasteiger partial charge in [0.05, 0.1) is 18.3 Å². The van der Waals surface area contributed by atoms with E-state index in [-0.39, 0.29) is 30.2 Å². The van der Waals surface area contributed by atoms with Crippen LogP contribution in [0, 0.1) is 12.1 Å². The number of fused-ring (bicyclic) bond motifs is 2. The second-order valence-electron chi connectivity index (χ2n) is 9.17. The van der Waals surface area contributed by atoms with Crippen LogP contribution >= 0.6 is 15.9 Å². The molecule has 2 aliphatic rings. The van der Waals surface area contributed by atoms with Gasteiger partial charge in [-0.15, -0.1) is 0 Å². The molecule has 1 saturated heterocycles. The molecule has 0 radical (unpaired) electrons. The average Bonchev–Trinajstić information content (AvgIpc) is 2.95. The van der Waals surface area contributed by atoms with Gasteiger partial charge in [0.2, 0.25) is 11.8 Å². The zero-order valence-corrected chi connectivity index (χ0v) is 21.0. The third kappa shape index (κ3) is 4.85. The molecule has 3 aromatic rings. The number of halogens is 1. The Morgan fingerprint density at radius 3 is 2.89 bits per heavy atom. The number of carbonyl (C=O) groups is 2. The van der Waals surface area contributed by atoms with Crippen LogP contribution in [0.25, 0.3) is 10.8 Å². The predicted molar refractivity (Wildman–Crippen MR) is 138 cm³/mol. The molecule has 0 unspecified atom stereocenters. The lowest BCUT2D eigenvalue weighted by Gasteiger charge is -2.31. The number of amides is 2. The van der Waals surface area contributed by atoms with Crippen molar-refractivity contribution in [2.75, 3.05) is 18.0 Å². The highest BCUT2D eigenvalue weighted by Gasteiger charge is 2.33. The SMILES string of the molecule is C[C@H](NC1CNC1)C(=O)N[C@H]1CCc2ccc#cc2N(Cc2c(O)ccc3cc(Br)ccc23)C1=O. The fourth-order valence-corrected chi connectivity index (χ4v) is 5.06. The first-order chi connectivity index (χ1) is 16.9. The molecule has 2 amide bonds. The van der Waals surface area contributed by atoms with Gasteiger partial charge in [0.15, 0.2) is 0 Å². The van der Waals surface area contributed by atoms with Crippen molar-refractivity contribution < 1.29 is 14.7 Å². The molecule has 2 atom stereocenters. The van der Waals surface area contributed by atoms with Crippen molar-refractivity contribution in [1.82, 2.24) is 16.0 Å². The van der Waals surface area contributed by atoms with Crippen LogP contribution in [0.4, 0.5) is 5.69 Å². The molecule has 1 fully saturated rings. The van der Waals surface area contributed by atoms with Crippen molar-refractivity contribution in [2.45, 2.75) is 44.4 Å². The number of benzene rings is 2. The van der Waals surface area contributed by atoms with Crippen LogP contribution in [0.1, 0.15) is 24.5 Å². The van der Waals surface area contributed by atoms with Crippen LogP contribution in [-0.2, 0) is 22.6 Å². The van der Waals surface area contributed by atoms with Crippen molar-refractivity contribution in [1.29, 1.82) is 0 Å². The lowest BCUT2D eigenvalue weighted by molar-refractivity contribution is -0.128. The number of carbonyl (C=O) groups excluding carboxylic acids is 2. The quantitative estimate of drug-likeness (QED) is 0.390. The highest BCUT2D eigenvalue weighted by molar-refractivity contribution is 9.10. The van der Waals surface area contributed by atoms with Gasteiger partial charge in [-0.05, 0) is 72.5 Å². The Balaban J connectivity index is 1.45. The van der Waals surface area contributed by atoms with Gasteiger partial charge in [-0.2, -0.15) is 0 Å². The van der Waals surface area contributed by atoms with Crippen molar-refractivity contribution in [3.05, 3.63) is 70.2 Å². The van der Waals surface area contributed by atoms with Gasteiger partial charge < -0.3 is 21.1 Å². The summed E-state index contributed by atoms with van der Waals surface area (Å²) < 4.78 is 0.934. The second-order valence-corrected chi connectivity index (χ2v) is 10.1. The third-order valence-electron chi connectivity index (χ3n) is 6.76. The van der Waals surface area contributed by atoms with E-state index in [2.05, 4.69) is 44.0 Å². The number of hydrogen-bond acceptors (Lipinski definition) is 5. The topological polar surface area (TPSA) is 93.7 Å². The van der Waals surface area contributed by atoms with Crippen molar-refractivity contribution in [3.63, 3.8) is 0 Å². The number of rotatable bonds is 6. The molecule has 2 aliphatic heterocycles. The standard InChI is InChI=1S/C27H27BrN4O3/c1-16(30-20-13-29-14-20)26(34)31-23-10-6-17-4-2-3-5-24(17)32(27(23)35)15-22-21-9-8-19(28)12-18(21)7-11-25(22)33/h2,4,7-9,11-12,16,20,23,29-30,33H,6,10,13-15H2,1H3,(H,31,34)/t16-,23-/m0/s1.